The predicted octanol–water partition coefficient (Wildman–Crippen LogP) is 5.48. The van der Waals surface area contributed by atoms with Gasteiger partial charge < -0.3 is 10.1 Å². The molecule has 33 heavy (non-hydrogen) atoms. The zero-order chi connectivity index (χ0) is 23.5. The minimum Gasteiger partial charge on any atom is -0.491 e. The molecule has 3 aromatic rings. The lowest BCUT2D eigenvalue weighted by molar-refractivity contribution is -0.137. The van der Waals surface area contributed by atoms with Crippen LogP contribution in [-0.2, 0) is 16.1 Å². The second-order valence-electron chi connectivity index (χ2n) is 8.55. The number of hydrogen-bond acceptors (Lipinski definition) is 4. The average molecular weight is 441 g/mol. The van der Waals surface area contributed by atoms with Gasteiger partial charge >= 0.3 is 0 Å². The Morgan fingerprint density at radius 1 is 0.848 bits per heavy atom. The van der Waals surface area contributed by atoms with Gasteiger partial charge in [0.1, 0.15) is 11.4 Å². The number of nitrogens with zero attached hydrogens (tertiary/aromatic N) is 1. The van der Waals surface area contributed by atoms with Gasteiger partial charge in [-0.05, 0) is 74.2 Å². The van der Waals surface area contributed by atoms with E-state index in [0.29, 0.717) is 11.1 Å². The molecule has 2 amide bonds. The van der Waals surface area contributed by atoms with Gasteiger partial charge in [-0.2, -0.15) is 0 Å². The van der Waals surface area contributed by atoms with Gasteiger partial charge in [0.15, 0.2) is 0 Å². The summed E-state index contributed by atoms with van der Waals surface area (Å²) in [4.78, 5) is 28.2. The number of carbonyl (C=O) groups is 2. The molecule has 5 heteroatoms. The highest BCUT2D eigenvalue weighted by Crippen LogP contribution is 2.32. The zero-order valence-electron chi connectivity index (χ0n) is 19.4. The Labute approximate surface area is 194 Å². The largest absolute Gasteiger partial charge is 0.491 e. The van der Waals surface area contributed by atoms with Crippen LogP contribution in [0.4, 0.5) is 5.69 Å². The van der Waals surface area contributed by atoms with E-state index in [0.717, 1.165) is 28.1 Å². The number of nitrogens with one attached hydrogen (secondary N) is 1. The third-order valence-electron chi connectivity index (χ3n) is 5.64. The lowest BCUT2D eigenvalue weighted by Crippen LogP contribution is -2.32. The van der Waals surface area contributed by atoms with Crippen molar-refractivity contribution >= 4 is 23.1 Å². The van der Waals surface area contributed by atoms with Gasteiger partial charge in [0.25, 0.3) is 11.8 Å². The van der Waals surface area contributed by atoms with Gasteiger partial charge in [0, 0.05) is 5.69 Å². The topological polar surface area (TPSA) is 58.6 Å². The molecular formula is C28H28N2O3. The molecule has 1 aliphatic rings. The summed E-state index contributed by atoms with van der Waals surface area (Å²) >= 11 is 0. The first-order valence-electron chi connectivity index (χ1n) is 11.1. The fourth-order valence-electron chi connectivity index (χ4n) is 3.81. The van der Waals surface area contributed by atoms with Crippen LogP contribution in [0.15, 0.2) is 78.5 Å². The highest BCUT2D eigenvalue weighted by Gasteiger charge is 2.39. The number of benzene rings is 3. The van der Waals surface area contributed by atoms with Crippen molar-refractivity contribution in [2.75, 3.05) is 5.32 Å². The first-order chi connectivity index (χ1) is 15.8. The first kappa shape index (κ1) is 22.3. The van der Waals surface area contributed by atoms with Crippen LogP contribution in [0.3, 0.4) is 0 Å². The zero-order valence-corrected chi connectivity index (χ0v) is 19.4. The van der Waals surface area contributed by atoms with Crippen LogP contribution in [0.25, 0.3) is 5.57 Å². The van der Waals surface area contributed by atoms with Crippen LogP contribution in [0.2, 0.25) is 0 Å². The molecule has 0 fully saturated rings. The van der Waals surface area contributed by atoms with E-state index in [2.05, 4.69) is 5.32 Å². The van der Waals surface area contributed by atoms with Crippen LogP contribution >= 0.6 is 0 Å². The van der Waals surface area contributed by atoms with Gasteiger partial charge in [-0.15, -0.1) is 0 Å². The second kappa shape index (κ2) is 9.33. The van der Waals surface area contributed by atoms with E-state index < -0.39 is 0 Å². The number of imide groups is 1. The van der Waals surface area contributed by atoms with E-state index in [4.69, 9.17) is 4.74 Å². The first-order valence-corrected chi connectivity index (χ1v) is 11.1. The number of carbonyl (C=O) groups excluding carboxylic acids is 2. The summed E-state index contributed by atoms with van der Waals surface area (Å²) in [6.45, 7) is 8.20. The quantitative estimate of drug-likeness (QED) is 0.494. The highest BCUT2D eigenvalue weighted by atomic mass is 16.5. The van der Waals surface area contributed by atoms with Crippen molar-refractivity contribution in [3.8, 4) is 5.75 Å². The number of aryl methyl sites for hydroxylation is 2. The standard InChI is InChI=1S/C28H28N2O3/c1-18(2)33-24-14-11-22(12-15-24)25-26(29-23-13-10-19(3)20(4)16-23)28(32)30(27(25)31)17-21-8-6-5-7-9-21/h5-16,18,29H,17H2,1-4H3. The summed E-state index contributed by atoms with van der Waals surface area (Å²) < 4.78 is 5.73. The molecule has 0 radical (unpaired) electrons. The fourth-order valence-corrected chi connectivity index (χ4v) is 3.81. The third-order valence-corrected chi connectivity index (χ3v) is 5.64. The SMILES string of the molecule is Cc1ccc(NC2=C(c3ccc(OC(C)C)cc3)C(=O)N(Cc3ccccc3)C2=O)cc1C. The molecule has 3 aromatic carbocycles. The minimum atomic E-state index is -0.334. The molecule has 4 rings (SSSR count). The van der Waals surface area contributed by atoms with E-state index >= 15 is 0 Å². The highest BCUT2D eigenvalue weighted by molar-refractivity contribution is 6.36. The number of hydrogen-bond donors (Lipinski definition) is 1. The number of amides is 2. The van der Waals surface area contributed by atoms with Gasteiger partial charge in [0.2, 0.25) is 0 Å². The Hall–Kier alpha value is -3.86. The van der Waals surface area contributed by atoms with Crippen LogP contribution in [0, 0.1) is 13.8 Å². The molecule has 168 valence electrons. The molecule has 0 saturated heterocycles. The van der Waals surface area contributed by atoms with Crippen LogP contribution < -0.4 is 10.1 Å². The molecule has 0 aliphatic carbocycles. The molecule has 5 nitrogen and oxygen atoms in total. The van der Waals surface area contributed by atoms with Crippen LogP contribution in [0.5, 0.6) is 5.75 Å². The lowest BCUT2D eigenvalue weighted by Gasteiger charge is -2.15. The molecule has 1 aliphatic heterocycles. The summed E-state index contributed by atoms with van der Waals surface area (Å²) in [5, 5.41) is 3.24. The van der Waals surface area contributed by atoms with E-state index in [1.807, 2.05) is 100 Å². The maximum atomic E-state index is 13.5. The van der Waals surface area contributed by atoms with Crippen molar-refractivity contribution in [2.24, 2.45) is 0 Å². The number of rotatable bonds is 7. The number of anilines is 1. The van der Waals surface area contributed by atoms with Gasteiger partial charge in [-0.25, -0.2) is 0 Å². The van der Waals surface area contributed by atoms with Crippen LogP contribution in [0.1, 0.15) is 36.1 Å². The van der Waals surface area contributed by atoms with Crippen molar-refractivity contribution in [3.05, 3.63) is 101 Å². The van der Waals surface area contributed by atoms with Gasteiger partial charge in [0.05, 0.1) is 18.2 Å². The number of ether oxygens (including phenoxy) is 1. The molecule has 0 saturated carbocycles. The second-order valence-corrected chi connectivity index (χ2v) is 8.55. The third kappa shape index (κ3) is 4.82. The molecule has 1 N–H and O–H groups in total. The summed E-state index contributed by atoms with van der Waals surface area (Å²) in [5.74, 6) is 0.0724. The normalized spacial score (nSPS) is 13.8. The Balaban J connectivity index is 1.72. The Kier molecular flexibility index (Phi) is 6.31. The molecule has 0 unspecified atom stereocenters. The van der Waals surface area contributed by atoms with E-state index in [9.17, 15) is 9.59 Å². The van der Waals surface area contributed by atoms with Gasteiger partial charge in [-0.1, -0.05) is 48.5 Å². The summed E-state index contributed by atoms with van der Waals surface area (Å²) in [5.41, 5.74) is 5.26. The lowest BCUT2D eigenvalue weighted by atomic mass is 10.0. The molecule has 0 spiro atoms. The van der Waals surface area contributed by atoms with E-state index in [1.54, 1.807) is 0 Å². The smallest absolute Gasteiger partial charge is 0.278 e. The average Bonchev–Trinajstić information content (AvgIpc) is 3.01. The van der Waals surface area contributed by atoms with E-state index in [1.165, 1.54) is 4.90 Å². The fraction of sp³-hybridized carbons (Fsp3) is 0.214. The van der Waals surface area contributed by atoms with Crippen molar-refractivity contribution < 1.29 is 14.3 Å². The van der Waals surface area contributed by atoms with Crippen molar-refractivity contribution in [2.45, 2.75) is 40.3 Å². The molecule has 1 heterocycles. The summed E-state index contributed by atoms with van der Waals surface area (Å²) in [6, 6.07) is 22.7. The van der Waals surface area contributed by atoms with Crippen molar-refractivity contribution in [3.63, 3.8) is 0 Å². The monoisotopic (exact) mass is 440 g/mol. The molecule has 0 atom stereocenters. The Morgan fingerprint density at radius 2 is 1.55 bits per heavy atom. The molecule has 0 bridgehead atoms. The minimum absolute atomic E-state index is 0.0492. The van der Waals surface area contributed by atoms with E-state index in [-0.39, 0.29) is 30.2 Å². The predicted molar refractivity (Wildman–Crippen MR) is 131 cm³/mol. The van der Waals surface area contributed by atoms with Crippen molar-refractivity contribution in [1.29, 1.82) is 0 Å². The summed E-state index contributed by atoms with van der Waals surface area (Å²) in [6.07, 6.45) is 0.0492. The maximum absolute atomic E-state index is 13.5. The molecule has 0 aromatic heterocycles. The summed E-state index contributed by atoms with van der Waals surface area (Å²) in [7, 11) is 0. The van der Waals surface area contributed by atoms with Crippen LogP contribution in [-0.4, -0.2) is 22.8 Å². The Morgan fingerprint density at radius 3 is 2.18 bits per heavy atom. The maximum Gasteiger partial charge on any atom is 0.278 e. The molecular weight excluding hydrogens is 412 g/mol. The van der Waals surface area contributed by atoms with Gasteiger partial charge in [-0.3, -0.25) is 14.5 Å². The Bertz CT molecular complexity index is 1210. The van der Waals surface area contributed by atoms with Crippen molar-refractivity contribution in [1.82, 2.24) is 4.90 Å².